The Hall–Kier alpha value is -1.88. The lowest BCUT2D eigenvalue weighted by Crippen LogP contribution is -2.38. The van der Waals surface area contributed by atoms with E-state index in [9.17, 15) is 0 Å². The van der Waals surface area contributed by atoms with E-state index < -0.39 is 0 Å². The Bertz CT molecular complexity index is 611. The number of aryl methyl sites for hydroxylation is 1. The van der Waals surface area contributed by atoms with Gasteiger partial charge in [-0.1, -0.05) is 36.7 Å². The third kappa shape index (κ3) is 3.14. The molecule has 0 saturated carbocycles. The summed E-state index contributed by atoms with van der Waals surface area (Å²) in [5, 5.41) is 3.96. The highest BCUT2D eigenvalue weighted by molar-refractivity contribution is 5.56. The number of methoxy groups -OCH3 is 1. The minimum absolute atomic E-state index is 0.387. The Morgan fingerprint density at radius 1 is 1.36 bits per heavy atom. The highest BCUT2D eigenvalue weighted by Crippen LogP contribution is 2.33. The Balaban J connectivity index is 1.83. The molecule has 0 N–H and O–H groups in total. The number of anilines is 1. The number of ether oxygens (including phenoxy) is 1. The third-order valence-electron chi connectivity index (χ3n) is 4.20. The number of fused-ring (bicyclic) bond motifs is 1. The van der Waals surface area contributed by atoms with E-state index in [1.54, 1.807) is 7.11 Å². The summed E-state index contributed by atoms with van der Waals surface area (Å²) in [7, 11) is 1.63. The van der Waals surface area contributed by atoms with Gasteiger partial charge in [-0.25, -0.2) is 0 Å². The smallest absolute Gasteiger partial charge is 0.246 e. The molecule has 1 aliphatic rings. The van der Waals surface area contributed by atoms with Crippen LogP contribution in [-0.4, -0.2) is 23.3 Å². The average molecular weight is 301 g/mol. The van der Waals surface area contributed by atoms with Crippen LogP contribution in [0.1, 0.15) is 43.5 Å². The number of rotatable bonds is 6. The van der Waals surface area contributed by atoms with Gasteiger partial charge < -0.3 is 14.2 Å². The first-order chi connectivity index (χ1) is 10.8. The van der Waals surface area contributed by atoms with Gasteiger partial charge >= 0.3 is 0 Å². The number of aromatic nitrogens is 2. The number of nitrogens with zero attached hydrogens (tertiary/aromatic N) is 3. The molecule has 1 aromatic heterocycles. The maximum Gasteiger partial charge on any atom is 0.246 e. The Morgan fingerprint density at radius 2 is 2.23 bits per heavy atom. The van der Waals surface area contributed by atoms with Crippen LogP contribution >= 0.6 is 0 Å². The number of hydrogen-bond acceptors (Lipinski definition) is 5. The molecule has 0 bridgehead atoms. The second kappa shape index (κ2) is 6.92. The molecule has 2 heterocycles. The lowest BCUT2D eigenvalue weighted by atomic mass is 9.93. The highest BCUT2D eigenvalue weighted by Gasteiger charge is 2.26. The summed E-state index contributed by atoms with van der Waals surface area (Å²) in [5.74, 6) is 1.26. The van der Waals surface area contributed by atoms with Crippen LogP contribution < -0.4 is 4.90 Å². The molecule has 1 aliphatic heterocycles. The Morgan fingerprint density at radius 3 is 3.05 bits per heavy atom. The summed E-state index contributed by atoms with van der Waals surface area (Å²) in [4.78, 5) is 6.84. The number of benzene rings is 1. The zero-order valence-electron chi connectivity index (χ0n) is 13.3. The van der Waals surface area contributed by atoms with Crippen LogP contribution in [0, 0.1) is 0 Å². The number of hydrogen-bond donors (Lipinski definition) is 0. The average Bonchev–Trinajstić information content (AvgIpc) is 2.97. The van der Waals surface area contributed by atoms with Gasteiger partial charge in [-0.3, -0.25) is 0 Å². The van der Waals surface area contributed by atoms with Crippen molar-refractivity contribution in [2.75, 3.05) is 12.0 Å². The highest BCUT2D eigenvalue weighted by atomic mass is 16.5. The molecule has 0 amide bonds. The van der Waals surface area contributed by atoms with Crippen molar-refractivity contribution in [3.8, 4) is 0 Å². The van der Waals surface area contributed by atoms with Gasteiger partial charge in [-0.2, -0.15) is 4.98 Å². The first-order valence-electron chi connectivity index (χ1n) is 7.96. The Labute approximate surface area is 131 Å². The minimum atomic E-state index is 0.387. The van der Waals surface area contributed by atoms with Crippen LogP contribution in [0.2, 0.25) is 0 Å². The quantitative estimate of drug-likeness (QED) is 0.819. The van der Waals surface area contributed by atoms with Crippen molar-refractivity contribution in [2.24, 2.45) is 0 Å². The van der Waals surface area contributed by atoms with E-state index in [0.29, 0.717) is 30.9 Å². The molecule has 0 saturated heterocycles. The summed E-state index contributed by atoms with van der Waals surface area (Å²) >= 11 is 0. The summed E-state index contributed by atoms with van der Waals surface area (Å²) in [6, 6.07) is 9.17. The van der Waals surface area contributed by atoms with Crippen molar-refractivity contribution in [1.29, 1.82) is 0 Å². The molecule has 5 heteroatoms. The van der Waals surface area contributed by atoms with Crippen molar-refractivity contribution in [3.63, 3.8) is 0 Å². The van der Waals surface area contributed by atoms with E-state index in [2.05, 4.69) is 46.2 Å². The van der Waals surface area contributed by atoms with Crippen molar-refractivity contribution in [1.82, 2.24) is 10.1 Å². The van der Waals surface area contributed by atoms with Crippen LogP contribution in [0.25, 0.3) is 0 Å². The standard InChI is InChI=1S/C17H23N3O2/c1-3-6-14-10-9-13-7-4-5-8-15(13)20(14)11-17-18-16(12-21-2)19-22-17/h4-5,7-8,14H,3,6,9-12H2,1-2H3/t14-/m0/s1. The molecule has 0 unspecified atom stereocenters. The van der Waals surface area contributed by atoms with Gasteiger partial charge in [-0.15, -0.1) is 0 Å². The minimum Gasteiger partial charge on any atom is -0.377 e. The second-order valence-corrected chi connectivity index (χ2v) is 5.78. The third-order valence-corrected chi connectivity index (χ3v) is 4.20. The van der Waals surface area contributed by atoms with Crippen LogP contribution in [0.5, 0.6) is 0 Å². The normalized spacial score (nSPS) is 17.5. The van der Waals surface area contributed by atoms with E-state index in [0.717, 1.165) is 6.42 Å². The van der Waals surface area contributed by atoms with Crippen molar-refractivity contribution >= 4 is 5.69 Å². The molecule has 0 fully saturated rings. The van der Waals surface area contributed by atoms with Crippen LogP contribution in [0.15, 0.2) is 28.8 Å². The number of para-hydroxylation sites is 1. The summed E-state index contributed by atoms with van der Waals surface area (Å²) in [6.07, 6.45) is 4.70. The van der Waals surface area contributed by atoms with Crippen LogP contribution in [0.3, 0.4) is 0 Å². The van der Waals surface area contributed by atoms with Crippen molar-refractivity contribution in [2.45, 2.75) is 51.8 Å². The predicted octanol–water partition coefficient (Wildman–Crippen LogP) is 3.34. The lowest BCUT2D eigenvalue weighted by molar-refractivity contribution is 0.174. The summed E-state index contributed by atoms with van der Waals surface area (Å²) in [5.41, 5.74) is 2.71. The predicted molar refractivity (Wildman–Crippen MR) is 84.7 cm³/mol. The van der Waals surface area contributed by atoms with Crippen LogP contribution in [-0.2, 0) is 24.3 Å². The molecule has 3 rings (SSSR count). The SMILES string of the molecule is CCC[C@H]1CCc2ccccc2N1Cc1nc(COC)no1. The molecule has 0 radical (unpaired) electrons. The topological polar surface area (TPSA) is 51.4 Å². The first kappa shape index (κ1) is 15.0. The monoisotopic (exact) mass is 301 g/mol. The fourth-order valence-electron chi connectivity index (χ4n) is 3.21. The maximum atomic E-state index is 5.38. The summed E-state index contributed by atoms with van der Waals surface area (Å²) < 4.78 is 10.4. The van der Waals surface area contributed by atoms with Gasteiger partial charge in [0.2, 0.25) is 5.89 Å². The van der Waals surface area contributed by atoms with Gasteiger partial charge in [0.25, 0.3) is 0 Å². The van der Waals surface area contributed by atoms with E-state index in [1.165, 1.54) is 30.5 Å². The second-order valence-electron chi connectivity index (χ2n) is 5.78. The van der Waals surface area contributed by atoms with Gasteiger partial charge in [-0.05, 0) is 30.9 Å². The molecule has 1 atom stereocenters. The first-order valence-corrected chi connectivity index (χ1v) is 7.96. The van der Waals surface area contributed by atoms with Crippen LogP contribution in [0.4, 0.5) is 5.69 Å². The van der Waals surface area contributed by atoms with Gasteiger partial charge in [0.05, 0.1) is 6.54 Å². The van der Waals surface area contributed by atoms with Gasteiger partial charge in [0.1, 0.15) is 6.61 Å². The molecule has 2 aromatic rings. The van der Waals surface area contributed by atoms with Gasteiger partial charge in [0.15, 0.2) is 5.82 Å². The molecule has 0 aliphatic carbocycles. The summed E-state index contributed by atoms with van der Waals surface area (Å²) in [6.45, 7) is 3.29. The van der Waals surface area contributed by atoms with E-state index in [4.69, 9.17) is 9.26 Å². The lowest BCUT2D eigenvalue weighted by Gasteiger charge is -2.38. The van der Waals surface area contributed by atoms with Crippen molar-refractivity contribution in [3.05, 3.63) is 41.5 Å². The molecule has 22 heavy (non-hydrogen) atoms. The molecular weight excluding hydrogens is 278 g/mol. The maximum absolute atomic E-state index is 5.38. The van der Waals surface area contributed by atoms with E-state index in [1.807, 2.05) is 0 Å². The molecular formula is C17H23N3O2. The van der Waals surface area contributed by atoms with E-state index >= 15 is 0 Å². The Kier molecular flexibility index (Phi) is 4.73. The van der Waals surface area contributed by atoms with Gasteiger partial charge in [0, 0.05) is 18.8 Å². The molecule has 5 nitrogen and oxygen atoms in total. The zero-order chi connectivity index (χ0) is 15.4. The zero-order valence-corrected chi connectivity index (χ0v) is 13.3. The molecule has 1 aromatic carbocycles. The van der Waals surface area contributed by atoms with E-state index in [-0.39, 0.29) is 0 Å². The fourth-order valence-corrected chi connectivity index (χ4v) is 3.21. The van der Waals surface area contributed by atoms with Crippen molar-refractivity contribution < 1.29 is 9.26 Å². The molecule has 0 spiro atoms. The fraction of sp³-hybridized carbons (Fsp3) is 0.529. The largest absolute Gasteiger partial charge is 0.377 e. The molecule has 118 valence electrons.